The van der Waals surface area contributed by atoms with Crippen molar-refractivity contribution in [3.05, 3.63) is 59.9 Å². The Hall–Kier alpha value is -2.89. The van der Waals surface area contributed by atoms with E-state index in [1.165, 1.54) is 43.5 Å². The van der Waals surface area contributed by atoms with Crippen molar-refractivity contribution in [2.45, 2.75) is 32.6 Å². The Balaban J connectivity index is 1.52. The summed E-state index contributed by atoms with van der Waals surface area (Å²) in [7, 11) is 0. The van der Waals surface area contributed by atoms with Crippen LogP contribution in [-0.2, 0) is 4.79 Å². The number of para-hydroxylation sites is 1. The summed E-state index contributed by atoms with van der Waals surface area (Å²) in [4.78, 5) is 14.3. The molecule has 0 radical (unpaired) electrons. The van der Waals surface area contributed by atoms with Crippen molar-refractivity contribution in [3.63, 3.8) is 0 Å². The van der Waals surface area contributed by atoms with E-state index in [-0.39, 0.29) is 12.4 Å². The summed E-state index contributed by atoms with van der Waals surface area (Å²) < 4.78 is 18.6. The van der Waals surface area contributed by atoms with Crippen molar-refractivity contribution in [2.75, 3.05) is 24.6 Å². The lowest BCUT2D eigenvalue weighted by Gasteiger charge is -2.22. The number of carbonyl (C=O) groups excluding carboxylic acids is 1. The summed E-state index contributed by atoms with van der Waals surface area (Å²) in [6.45, 7) is 3.74. The molecule has 1 aliphatic heterocycles. The number of hydrazone groups is 1. The number of halogens is 1. The van der Waals surface area contributed by atoms with Crippen LogP contribution in [0.4, 0.5) is 10.1 Å². The highest BCUT2D eigenvalue weighted by Crippen LogP contribution is 2.20. The van der Waals surface area contributed by atoms with Crippen LogP contribution in [0.25, 0.3) is 0 Å². The molecule has 1 fully saturated rings. The number of hydrogen-bond donors (Lipinski definition) is 1. The fourth-order valence-corrected chi connectivity index (χ4v) is 3.19. The van der Waals surface area contributed by atoms with Crippen molar-refractivity contribution >= 4 is 17.3 Å². The SMILES string of the molecule is C/C(=N/NC(=O)COc1ccccc1F)c1ccc(N2CCCCCC2)cc1. The van der Waals surface area contributed by atoms with Crippen molar-refractivity contribution in [1.29, 1.82) is 0 Å². The predicted molar refractivity (Wildman–Crippen MR) is 109 cm³/mol. The van der Waals surface area contributed by atoms with Gasteiger partial charge in [-0.1, -0.05) is 37.1 Å². The maximum absolute atomic E-state index is 13.5. The molecule has 6 heteroatoms. The Bertz CT molecular complexity index is 813. The molecule has 0 unspecified atom stereocenters. The van der Waals surface area contributed by atoms with Crippen LogP contribution in [0.5, 0.6) is 5.75 Å². The number of nitrogens with zero attached hydrogens (tertiary/aromatic N) is 2. The Morgan fingerprint density at radius 3 is 2.43 bits per heavy atom. The summed E-state index contributed by atoms with van der Waals surface area (Å²) in [5.74, 6) is -0.897. The van der Waals surface area contributed by atoms with Gasteiger partial charge in [-0.15, -0.1) is 0 Å². The number of hydrogen-bond acceptors (Lipinski definition) is 4. The fourth-order valence-electron chi connectivity index (χ4n) is 3.19. The topological polar surface area (TPSA) is 53.9 Å². The summed E-state index contributed by atoms with van der Waals surface area (Å²) in [6.07, 6.45) is 5.09. The van der Waals surface area contributed by atoms with E-state index >= 15 is 0 Å². The third kappa shape index (κ3) is 5.55. The number of benzene rings is 2. The van der Waals surface area contributed by atoms with Gasteiger partial charge in [0.2, 0.25) is 0 Å². The van der Waals surface area contributed by atoms with Crippen molar-refractivity contribution in [3.8, 4) is 5.75 Å². The van der Waals surface area contributed by atoms with Gasteiger partial charge in [0.25, 0.3) is 5.91 Å². The Morgan fingerprint density at radius 2 is 1.75 bits per heavy atom. The molecule has 148 valence electrons. The zero-order valence-corrected chi connectivity index (χ0v) is 16.2. The summed E-state index contributed by atoms with van der Waals surface area (Å²) in [5.41, 5.74) is 5.31. The minimum atomic E-state index is -0.500. The third-order valence-corrected chi connectivity index (χ3v) is 4.80. The maximum Gasteiger partial charge on any atom is 0.277 e. The molecule has 2 aromatic carbocycles. The van der Waals surface area contributed by atoms with Crippen molar-refractivity contribution < 1.29 is 13.9 Å². The van der Waals surface area contributed by atoms with Crippen LogP contribution in [0, 0.1) is 5.82 Å². The van der Waals surface area contributed by atoms with Gasteiger partial charge in [-0.25, -0.2) is 9.82 Å². The fraction of sp³-hybridized carbons (Fsp3) is 0.364. The molecule has 0 atom stereocenters. The zero-order chi connectivity index (χ0) is 19.8. The summed E-state index contributed by atoms with van der Waals surface area (Å²) in [6, 6.07) is 14.2. The van der Waals surface area contributed by atoms with E-state index in [1.807, 2.05) is 19.1 Å². The van der Waals surface area contributed by atoms with Crippen molar-refractivity contribution in [2.24, 2.45) is 5.10 Å². The first kappa shape index (κ1) is 19.9. The van der Waals surface area contributed by atoms with Crippen LogP contribution < -0.4 is 15.1 Å². The van der Waals surface area contributed by atoms with Gasteiger partial charge in [0.15, 0.2) is 18.2 Å². The minimum Gasteiger partial charge on any atom is -0.481 e. The molecule has 0 bridgehead atoms. The molecule has 1 amide bonds. The lowest BCUT2D eigenvalue weighted by atomic mass is 10.1. The van der Waals surface area contributed by atoms with Crippen LogP contribution in [-0.4, -0.2) is 31.3 Å². The van der Waals surface area contributed by atoms with E-state index in [9.17, 15) is 9.18 Å². The predicted octanol–water partition coefficient (Wildman–Crippen LogP) is 4.13. The smallest absolute Gasteiger partial charge is 0.277 e. The van der Waals surface area contributed by atoms with E-state index in [2.05, 4.69) is 27.6 Å². The van der Waals surface area contributed by atoms with E-state index in [0.29, 0.717) is 5.71 Å². The van der Waals surface area contributed by atoms with E-state index in [1.54, 1.807) is 12.1 Å². The molecule has 0 saturated carbocycles. The van der Waals surface area contributed by atoms with Crippen LogP contribution in [0.2, 0.25) is 0 Å². The van der Waals surface area contributed by atoms with Gasteiger partial charge in [0.1, 0.15) is 0 Å². The average molecular weight is 383 g/mol. The van der Waals surface area contributed by atoms with Crippen LogP contribution in [0.1, 0.15) is 38.2 Å². The quantitative estimate of drug-likeness (QED) is 0.603. The molecule has 2 aromatic rings. The molecule has 0 aromatic heterocycles. The van der Waals surface area contributed by atoms with E-state index in [0.717, 1.165) is 18.7 Å². The molecule has 1 N–H and O–H groups in total. The second-order valence-corrected chi connectivity index (χ2v) is 6.90. The maximum atomic E-state index is 13.5. The first-order chi connectivity index (χ1) is 13.6. The molecule has 1 saturated heterocycles. The lowest BCUT2D eigenvalue weighted by molar-refractivity contribution is -0.123. The first-order valence-electron chi connectivity index (χ1n) is 9.69. The second kappa shape index (κ2) is 9.88. The normalized spacial score (nSPS) is 15.1. The number of ether oxygens (including phenoxy) is 1. The highest BCUT2D eigenvalue weighted by Gasteiger charge is 2.10. The number of rotatable bonds is 6. The molecule has 1 heterocycles. The zero-order valence-electron chi connectivity index (χ0n) is 16.2. The number of carbonyl (C=O) groups is 1. The molecule has 28 heavy (non-hydrogen) atoms. The van der Waals surface area contributed by atoms with Gasteiger partial charge in [-0.05, 0) is 49.6 Å². The number of anilines is 1. The Kier molecular flexibility index (Phi) is 7.00. The third-order valence-electron chi connectivity index (χ3n) is 4.80. The largest absolute Gasteiger partial charge is 0.481 e. The van der Waals surface area contributed by atoms with Gasteiger partial charge >= 0.3 is 0 Å². The average Bonchev–Trinajstić information content (AvgIpc) is 3.01. The van der Waals surface area contributed by atoms with Gasteiger partial charge < -0.3 is 9.64 Å². The van der Waals surface area contributed by atoms with Crippen molar-refractivity contribution in [1.82, 2.24) is 5.43 Å². The van der Waals surface area contributed by atoms with Gasteiger partial charge in [-0.2, -0.15) is 5.10 Å². The van der Waals surface area contributed by atoms with E-state index < -0.39 is 11.7 Å². The second-order valence-electron chi connectivity index (χ2n) is 6.90. The Morgan fingerprint density at radius 1 is 1.07 bits per heavy atom. The number of amides is 1. The molecule has 0 aliphatic carbocycles. The first-order valence-corrected chi connectivity index (χ1v) is 9.69. The van der Waals surface area contributed by atoms with Crippen LogP contribution in [0.3, 0.4) is 0 Å². The molecular weight excluding hydrogens is 357 g/mol. The van der Waals surface area contributed by atoms with Crippen LogP contribution in [0.15, 0.2) is 53.6 Å². The molecule has 5 nitrogen and oxygen atoms in total. The standard InChI is InChI=1S/C22H26FN3O2/c1-17(24-25-22(27)16-28-21-9-5-4-8-20(21)23)18-10-12-19(13-11-18)26-14-6-2-3-7-15-26/h4-5,8-13H,2-3,6-7,14-16H2,1H3,(H,25,27)/b24-17-. The van der Waals surface area contributed by atoms with Gasteiger partial charge in [0.05, 0.1) is 5.71 Å². The molecule has 0 spiro atoms. The summed E-state index contributed by atoms with van der Waals surface area (Å²) in [5, 5.41) is 4.12. The molecule has 1 aliphatic rings. The lowest BCUT2D eigenvalue weighted by Crippen LogP contribution is -2.26. The van der Waals surface area contributed by atoms with Crippen LogP contribution >= 0.6 is 0 Å². The summed E-state index contributed by atoms with van der Waals surface area (Å²) >= 11 is 0. The highest BCUT2D eigenvalue weighted by molar-refractivity contribution is 5.99. The Labute approximate surface area is 165 Å². The van der Waals surface area contributed by atoms with Gasteiger partial charge in [-0.3, -0.25) is 4.79 Å². The minimum absolute atomic E-state index is 0.0439. The van der Waals surface area contributed by atoms with Gasteiger partial charge in [0, 0.05) is 18.8 Å². The molecule has 3 rings (SSSR count). The monoisotopic (exact) mass is 383 g/mol. The number of nitrogens with one attached hydrogen (secondary N) is 1. The highest BCUT2D eigenvalue weighted by atomic mass is 19.1. The molecular formula is C22H26FN3O2. The van der Waals surface area contributed by atoms with E-state index in [4.69, 9.17) is 4.74 Å².